The molecule has 3 heterocycles. The first-order valence-electron chi connectivity index (χ1n) is 18.6. The molecule has 1 aromatic heterocycles. The molecule has 5 rings (SSSR count). The summed E-state index contributed by atoms with van der Waals surface area (Å²) >= 11 is 0. The van der Waals surface area contributed by atoms with Gasteiger partial charge in [0.05, 0.1) is 13.7 Å². The summed E-state index contributed by atoms with van der Waals surface area (Å²) in [5.41, 5.74) is 8.57. The van der Waals surface area contributed by atoms with Crippen LogP contribution in [0.5, 0.6) is 5.75 Å². The number of hydrogen-bond donors (Lipinski definition) is 1. The second kappa shape index (κ2) is 18.6. The number of piperidine rings is 1. The van der Waals surface area contributed by atoms with Gasteiger partial charge in [0.1, 0.15) is 11.2 Å². The van der Waals surface area contributed by atoms with Gasteiger partial charge in [0, 0.05) is 56.3 Å². The first-order chi connectivity index (χ1) is 23.9. The van der Waals surface area contributed by atoms with Crippen molar-refractivity contribution in [1.29, 1.82) is 0 Å². The van der Waals surface area contributed by atoms with Gasteiger partial charge in [-0.1, -0.05) is 73.5 Å². The number of ether oxygens (including phenoxy) is 2. The molecule has 0 aliphatic carbocycles. The Morgan fingerprint density at radius 3 is 2.18 bits per heavy atom. The zero-order valence-corrected chi connectivity index (χ0v) is 30.1. The van der Waals surface area contributed by atoms with Crippen LogP contribution in [-0.4, -0.2) is 97.3 Å². The zero-order valence-electron chi connectivity index (χ0n) is 30.1. The highest BCUT2D eigenvalue weighted by molar-refractivity contribution is 5.91. The van der Waals surface area contributed by atoms with E-state index in [4.69, 9.17) is 15.2 Å². The molecule has 8 nitrogen and oxygen atoms in total. The Kier molecular flexibility index (Phi) is 14.1. The van der Waals surface area contributed by atoms with Crippen molar-refractivity contribution < 1.29 is 14.3 Å². The molecular formula is C41H59N5O3. The molecule has 266 valence electrons. The van der Waals surface area contributed by atoms with Gasteiger partial charge in [0.15, 0.2) is 0 Å². The lowest BCUT2D eigenvalue weighted by Gasteiger charge is -2.40. The molecule has 0 bridgehead atoms. The molecule has 3 aromatic rings. The van der Waals surface area contributed by atoms with Gasteiger partial charge in [-0.15, -0.1) is 0 Å². The number of methoxy groups -OCH3 is 1. The van der Waals surface area contributed by atoms with Crippen LogP contribution in [-0.2, 0) is 21.5 Å². The highest BCUT2D eigenvalue weighted by Gasteiger charge is 2.49. The van der Waals surface area contributed by atoms with Crippen molar-refractivity contribution in [3.05, 3.63) is 95.8 Å². The van der Waals surface area contributed by atoms with E-state index >= 15 is 0 Å². The summed E-state index contributed by atoms with van der Waals surface area (Å²) < 4.78 is 11.6. The van der Waals surface area contributed by atoms with Crippen LogP contribution in [0.1, 0.15) is 75.5 Å². The maximum Gasteiger partial charge on any atom is 0.232 e. The average molecular weight is 670 g/mol. The van der Waals surface area contributed by atoms with Gasteiger partial charge in [0.25, 0.3) is 0 Å². The lowest BCUT2D eigenvalue weighted by atomic mass is 9.64. The molecule has 0 radical (unpaired) electrons. The Labute approximate surface area is 295 Å². The lowest BCUT2D eigenvalue weighted by Crippen LogP contribution is -2.49. The van der Waals surface area contributed by atoms with Gasteiger partial charge >= 0.3 is 0 Å². The molecule has 0 spiro atoms. The van der Waals surface area contributed by atoms with Crippen molar-refractivity contribution in [2.75, 3.05) is 59.6 Å². The van der Waals surface area contributed by atoms with E-state index in [-0.39, 0.29) is 11.8 Å². The van der Waals surface area contributed by atoms with Crippen LogP contribution in [0.15, 0.2) is 79.1 Å². The SMILES string of the molecule is COc1ccncc1CN1CCC(N(CCCCCCOCCN2CC[C@@H](C(C(N)=O)(c3ccccc3)c3ccccc3)C2)C(C)C)CC1. The summed E-state index contributed by atoms with van der Waals surface area (Å²) in [6.45, 7) is 13.2. The van der Waals surface area contributed by atoms with E-state index < -0.39 is 5.41 Å². The van der Waals surface area contributed by atoms with Crippen LogP contribution >= 0.6 is 0 Å². The Bertz CT molecular complexity index is 1360. The van der Waals surface area contributed by atoms with E-state index in [1.807, 2.05) is 48.7 Å². The molecule has 8 heteroatoms. The monoisotopic (exact) mass is 669 g/mol. The molecular weight excluding hydrogens is 610 g/mol. The maximum atomic E-state index is 13.3. The van der Waals surface area contributed by atoms with E-state index in [1.165, 1.54) is 44.2 Å². The number of amides is 1. The smallest absolute Gasteiger partial charge is 0.232 e. The predicted octanol–water partition coefficient (Wildman–Crippen LogP) is 6.14. The summed E-state index contributed by atoms with van der Waals surface area (Å²) in [7, 11) is 1.74. The first kappa shape index (κ1) is 37.0. The Balaban J connectivity index is 0.979. The number of rotatable bonds is 19. The Morgan fingerprint density at radius 1 is 0.898 bits per heavy atom. The summed E-state index contributed by atoms with van der Waals surface area (Å²) in [6.07, 6.45) is 11.9. The fraction of sp³-hybridized carbons (Fsp3) is 0.561. The van der Waals surface area contributed by atoms with E-state index in [0.717, 1.165) is 82.2 Å². The number of unbranched alkanes of at least 4 members (excludes halogenated alkanes) is 3. The molecule has 2 aliphatic rings. The molecule has 1 amide bonds. The summed E-state index contributed by atoms with van der Waals surface area (Å²) in [4.78, 5) is 25.4. The average Bonchev–Trinajstić information content (AvgIpc) is 3.59. The van der Waals surface area contributed by atoms with Gasteiger partial charge < -0.3 is 20.1 Å². The standard InChI is InChI=1S/C41H59N5O3/c1-33(2)46(38-20-25-44(26-21-38)31-34-30-43-22-18-39(34)48-3)23-12-4-5-13-28-49-29-27-45-24-19-37(32-45)41(40(42)47,35-14-8-6-9-15-35)36-16-10-7-11-17-36/h6-11,14-18,22,30,33,37-38H,4-5,12-13,19-21,23-29,31-32H2,1-3H3,(H2,42,47)/t37-/m1/s1. The number of benzene rings is 2. The fourth-order valence-electron chi connectivity index (χ4n) is 8.31. The maximum absolute atomic E-state index is 13.3. The fourth-order valence-corrected chi connectivity index (χ4v) is 8.31. The molecule has 2 N–H and O–H groups in total. The second-order valence-electron chi connectivity index (χ2n) is 14.2. The van der Waals surface area contributed by atoms with Gasteiger partial charge in [0.2, 0.25) is 5.91 Å². The molecule has 0 saturated carbocycles. The van der Waals surface area contributed by atoms with Gasteiger partial charge in [-0.3, -0.25) is 19.6 Å². The number of likely N-dealkylation sites (tertiary alicyclic amines) is 2. The molecule has 2 fully saturated rings. The largest absolute Gasteiger partial charge is 0.496 e. The normalized spacial score (nSPS) is 18.0. The lowest BCUT2D eigenvalue weighted by molar-refractivity contribution is -0.123. The minimum atomic E-state index is -0.838. The predicted molar refractivity (Wildman–Crippen MR) is 198 cm³/mol. The van der Waals surface area contributed by atoms with Crippen molar-refractivity contribution >= 4 is 5.91 Å². The van der Waals surface area contributed by atoms with Crippen molar-refractivity contribution in [3.63, 3.8) is 0 Å². The molecule has 49 heavy (non-hydrogen) atoms. The van der Waals surface area contributed by atoms with E-state index in [2.05, 4.69) is 57.8 Å². The van der Waals surface area contributed by atoms with Gasteiger partial charge in [-0.05, 0) is 95.2 Å². The van der Waals surface area contributed by atoms with Crippen LogP contribution in [0, 0.1) is 5.92 Å². The van der Waals surface area contributed by atoms with Gasteiger partial charge in [-0.25, -0.2) is 0 Å². The third-order valence-corrected chi connectivity index (χ3v) is 10.9. The van der Waals surface area contributed by atoms with Crippen LogP contribution in [0.3, 0.4) is 0 Å². The number of nitrogens with zero attached hydrogens (tertiary/aromatic N) is 4. The van der Waals surface area contributed by atoms with Crippen LogP contribution < -0.4 is 10.5 Å². The number of primary amides is 1. The quantitative estimate of drug-likeness (QED) is 0.154. The van der Waals surface area contributed by atoms with Crippen molar-refractivity contribution in [3.8, 4) is 5.75 Å². The molecule has 2 aromatic carbocycles. The minimum Gasteiger partial charge on any atom is -0.496 e. The van der Waals surface area contributed by atoms with Crippen LogP contribution in [0.2, 0.25) is 0 Å². The highest BCUT2D eigenvalue weighted by Crippen LogP contribution is 2.43. The Hall–Kier alpha value is -3.30. The van der Waals surface area contributed by atoms with E-state index in [9.17, 15) is 4.79 Å². The summed E-state index contributed by atoms with van der Waals surface area (Å²) in [5, 5.41) is 0. The van der Waals surface area contributed by atoms with Crippen LogP contribution in [0.4, 0.5) is 0 Å². The number of aromatic nitrogens is 1. The molecule has 0 unspecified atom stereocenters. The summed E-state index contributed by atoms with van der Waals surface area (Å²) in [5.74, 6) is 0.777. The topological polar surface area (TPSA) is 84.2 Å². The molecule has 1 atom stereocenters. The van der Waals surface area contributed by atoms with Gasteiger partial charge in [-0.2, -0.15) is 0 Å². The summed E-state index contributed by atoms with van der Waals surface area (Å²) in [6, 6.07) is 23.4. The Morgan fingerprint density at radius 2 is 1.55 bits per heavy atom. The van der Waals surface area contributed by atoms with Crippen molar-refractivity contribution in [1.82, 2.24) is 19.7 Å². The number of nitrogens with two attached hydrogens (primary N) is 1. The van der Waals surface area contributed by atoms with Crippen molar-refractivity contribution in [2.45, 2.75) is 82.8 Å². The second-order valence-corrected chi connectivity index (χ2v) is 14.2. The number of carbonyl (C=O) groups excluding carboxylic acids is 1. The third kappa shape index (κ3) is 9.48. The van der Waals surface area contributed by atoms with Crippen molar-refractivity contribution in [2.24, 2.45) is 11.7 Å². The molecule has 2 saturated heterocycles. The highest BCUT2D eigenvalue weighted by atomic mass is 16.5. The number of pyridine rings is 1. The third-order valence-electron chi connectivity index (χ3n) is 10.9. The van der Waals surface area contributed by atoms with Crippen LogP contribution in [0.25, 0.3) is 0 Å². The van der Waals surface area contributed by atoms with E-state index in [1.54, 1.807) is 13.3 Å². The zero-order chi connectivity index (χ0) is 34.5. The molecule has 2 aliphatic heterocycles. The minimum absolute atomic E-state index is 0.115. The number of carbonyl (C=O) groups is 1. The van der Waals surface area contributed by atoms with E-state index in [0.29, 0.717) is 12.1 Å². The first-order valence-corrected chi connectivity index (χ1v) is 18.6. The number of hydrogen-bond acceptors (Lipinski definition) is 7.